The monoisotopic (exact) mass is 392 g/mol. The molecule has 0 radical (unpaired) electrons. The second kappa shape index (κ2) is 9.93. The third-order valence-corrected chi connectivity index (χ3v) is 5.70. The van der Waals surface area contributed by atoms with Gasteiger partial charge in [0.25, 0.3) is 5.91 Å². The van der Waals surface area contributed by atoms with Gasteiger partial charge in [-0.3, -0.25) is 19.5 Å². The molecule has 2 fully saturated rings. The molecule has 0 bridgehead atoms. The van der Waals surface area contributed by atoms with E-state index in [4.69, 9.17) is 4.74 Å². The maximum absolute atomic E-state index is 13.8. The predicted octanol–water partition coefficient (Wildman–Crippen LogP) is 1.30. The Kier molecular flexibility index (Phi) is 7.33. The van der Waals surface area contributed by atoms with Crippen LogP contribution < -0.4 is 5.32 Å². The summed E-state index contributed by atoms with van der Waals surface area (Å²) in [5.41, 5.74) is 0.0826. The molecule has 0 saturated carbocycles. The quantitative estimate of drug-likeness (QED) is 0.739. The number of ether oxygens (including phenoxy) is 1. The van der Waals surface area contributed by atoms with Gasteiger partial charge in [0.1, 0.15) is 0 Å². The molecule has 2 aliphatic rings. The molecule has 3 rings (SSSR count). The molecule has 1 aromatic rings. The van der Waals surface area contributed by atoms with Crippen molar-refractivity contribution in [3.63, 3.8) is 0 Å². The van der Waals surface area contributed by atoms with Crippen LogP contribution in [0.4, 0.5) is 4.39 Å². The normalized spacial score (nSPS) is 21.5. The number of nitrogens with zero attached hydrogens (tertiary/aromatic N) is 3. The summed E-state index contributed by atoms with van der Waals surface area (Å²) in [5.74, 6) is -0.737. The van der Waals surface area contributed by atoms with E-state index in [9.17, 15) is 14.0 Å². The first-order valence-corrected chi connectivity index (χ1v) is 9.99. The third kappa shape index (κ3) is 5.05. The number of nitrogens with one attached hydrogen (secondary N) is 1. The summed E-state index contributed by atoms with van der Waals surface area (Å²) in [4.78, 5) is 32.7. The van der Waals surface area contributed by atoms with Crippen molar-refractivity contribution in [2.24, 2.45) is 5.92 Å². The number of pyridine rings is 1. The zero-order valence-electron chi connectivity index (χ0n) is 16.4. The van der Waals surface area contributed by atoms with Crippen molar-refractivity contribution >= 4 is 11.8 Å². The van der Waals surface area contributed by atoms with Crippen molar-refractivity contribution in [2.75, 3.05) is 46.4 Å². The number of aromatic nitrogens is 1. The minimum absolute atomic E-state index is 0.0104. The van der Waals surface area contributed by atoms with Gasteiger partial charge in [0.15, 0.2) is 5.82 Å². The van der Waals surface area contributed by atoms with Crippen LogP contribution in [0.3, 0.4) is 0 Å². The fraction of sp³-hybridized carbons (Fsp3) is 0.650. The molecule has 1 aromatic heterocycles. The van der Waals surface area contributed by atoms with Crippen LogP contribution in [0, 0.1) is 11.7 Å². The zero-order valence-corrected chi connectivity index (χ0v) is 16.4. The van der Waals surface area contributed by atoms with E-state index < -0.39 is 5.82 Å². The van der Waals surface area contributed by atoms with Gasteiger partial charge >= 0.3 is 0 Å². The summed E-state index contributed by atoms with van der Waals surface area (Å²) in [6, 6.07) is 1.79. The van der Waals surface area contributed by atoms with Crippen molar-refractivity contribution in [3.8, 4) is 0 Å². The molecule has 28 heavy (non-hydrogen) atoms. The average Bonchev–Trinajstić information content (AvgIpc) is 2.74. The Morgan fingerprint density at radius 1 is 1.29 bits per heavy atom. The van der Waals surface area contributed by atoms with Crippen molar-refractivity contribution in [2.45, 2.75) is 31.7 Å². The topological polar surface area (TPSA) is 74.8 Å². The van der Waals surface area contributed by atoms with Crippen LogP contribution in [0.2, 0.25) is 0 Å². The molecular formula is C20H29FN4O3. The second-order valence-electron chi connectivity index (χ2n) is 7.50. The standard InChI is InChI=1S/C20H29FN4O3/c1-28-12-8-23-19(26)15-3-2-9-25(14-15)16-5-10-24(11-6-16)20(27)17-4-7-22-13-18(17)21/h4,7,13,15-16H,2-3,5-6,8-12,14H2,1H3,(H,23,26)/t15-/m0/s1. The van der Waals surface area contributed by atoms with Gasteiger partial charge in [-0.2, -0.15) is 0 Å². The minimum atomic E-state index is -0.576. The molecule has 1 N–H and O–H groups in total. The number of amides is 2. The molecule has 2 amide bonds. The first-order valence-electron chi connectivity index (χ1n) is 9.99. The maximum atomic E-state index is 13.8. The molecule has 3 heterocycles. The Morgan fingerprint density at radius 2 is 2.07 bits per heavy atom. The van der Waals surface area contributed by atoms with E-state index in [-0.39, 0.29) is 23.3 Å². The van der Waals surface area contributed by atoms with Gasteiger partial charge in [-0.1, -0.05) is 0 Å². The Bertz CT molecular complexity index is 679. The molecular weight excluding hydrogens is 363 g/mol. The lowest BCUT2D eigenvalue weighted by Gasteiger charge is -2.42. The number of carbonyl (C=O) groups excluding carboxylic acids is 2. The molecule has 0 spiro atoms. The SMILES string of the molecule is COCCNC(=O)[C@H]1CCCN(C2CCN(C(=O)c3ccncc3F)CC2)C1. The molecule has 1 atom stereocenters. The Labute approximate surface area is 165 Å². The van der Waals surface area contributed by atoms with Gasteiger partial charge in [-0.25, -0.2) is 4.39 Å². The Balaban J connectivity index is 1.49. The van der Waals surface area contributed by atoms with Gasteiger partial charge < -0.3 is 15.0 Å². The lowest BCUT2D eigenvalue weighted by Crippen LogP contribution is -2.51. The smallest absolute Gasteiger partial charge is 0.256 e. The molecule has 2 saturated heterocycles. The van der Waals surface area contributed by atoms with Gasteiger partial charge in [0, 0.05) is 45.5 Å². The summed E-state index contributed by atoms with van der Waals surface area (Å²) in [7, 11) is 1.62. The van der Waals surface area contributed by atoms with Crippen LogP contribution in [0.15, 0.2) is 18.5 Å². The summed E-state index contributed by atoms with van der Waals surface area (Å²) < 4.78 is 18.8. The number of likely N-dealkylation sites (tertiary alicyclic amines) is 2. The van der Waals surface area contributed by atoms with Crippen LogP contribution in [0.25, 0.3) is 0 Å². The van der Waals surface area contributed by atoms with Crippen molar-refractivity contribution in [1.29, 1.82) is 0 Å². The number of methoxy groups -OCH3 is 1. The average molecular weight is 392 g/mol. The van der Waals surface area contributed by atoms with E-state index in [0.29, 0.717) is 32.3 Å². The number of piperidine rings is 2. The Morgan fingerprint density at radius 3 is 2.79 bits per heavy atom. The van der Waals surface area contributed by atoms with Crippen molar-refractivity contribution in [1.82, 2.24) is 20.1 Å². The summed E-state index contributed by atoms with van der Waals surface area (Å²) >= 11 is 0. The molecule has 0 unspecified atom stereocenters. The Hall–Kier alpha value is -2.06. The number of halogens is 1. The van der Waals surface area contributed by atoms with E-state index in [1.54, 1.807) is 12.0 Å². The summed E-state index contributed by atoms with van der Waals surface area (Å²) in [6.45, 7) is 4.01. The highest BCUT2D eigenvalue weighted by Crippen LogP contribution is 2.25. The van der Waals surface area contributed by atoms with Crippen LogP contribution in [0.5, 0.6) is 0 Å². The largest absolute Gasteiger partial charge is 0.383 e. The lowest BCUT2D eigenvalue weighted by atomic mass is 9.93. The molecule has 0 aliphatic carbocycles. The number of hydrogen-bond donors (Lipinski definition) is 1. The highest BCUT2D eigenvalue weighted by atomic mass is 19.1. The van der Waals surface area contributed by atoms with E-state index in [1.807, 2.05) is 0 Å². The van der Waals surface area contributed by atoms with Gasteiger partial charge in [-0.15, -0.1) is 0 Å². The van der Waals surface area contributed by atoms with Gasteiger partial charge in [0.05, 0.1) is 24.3 Å². The van der Waals surface area contributed by atoms with Crippen molar-refractivity contribution in [3.05, 3.63) is 29.8 Å². The fourth-order valence-corrected chi connectivity index (χ4v) is 4.13. The fourth-order valence-electron chi connectivity index (χ4n) is 4.13. The minimum Gasteiger partial charge on any atom is -0.383 e. The first kappa shape index (κ1) is 20.7. The highest BCUT2D eigenvalue weighted by Gasteiger charge is 2.33. The number of rotatable bonds is 6. The summed E-state index contributed by atoms with van der Waals surface area (Å²) in [5, 5.41) is 2.94. The lowest BCUT2D eigenvalue weighted by molar-refractivity contribution is -0.127. The molecule has 2 aliphatic heterocycles. The van der Waals surface area contributed by atoms with Crippen LogP contribution in [-0.2, 0) is 9.53 Å². The third-order valence-electron chi connectivity index (χ3n) is 5.70. The second-order valence-corrected chi connectivity index (χ2v) is 7.50. The van der Waals surface area contributed by atoms with E-state index >= 15 is 0 Å². The maximum Gasteiger partial charge on any atom is 0.256 e. The highest BCUT2D eigenvalue weighted by molar-refractivity contribution is 5.94. The van der Waals surface area contributed by atoms with Crippen LogP contribution in [-0.4, -0.2) is 79.1 Å². The van der Waals surface area contributed by atoms with Gasteiger partial charge in [0.2, 0.25) is 5.91 Å². The van der Waals surface area contributed by atoms with Crippen molar-refractivity contribution < 1.29 is 18.7 Å². The number of carbonyl (C=O) groups is 2. The first-order chi connectivity index (χ1) is 13.6. The molecule has 154 valence electrons. The van der Waals surface area contributed by atoms with Crippen LogP contribution >= 0.6 is 0 Å². The van der Waals surface area contributed by atoms with Crippen LogP contribution in [0.1, 0.15) is 36.0 Å². The molecule has 8 heteroatoms. The van der Waals surface area contributed by atoms with E-state index in [1.165, 1.54) is 12.3 Å². The predicted molar refractivity (Wildman–Crippen MR) is 102 cm³/mol. The summed E-state index contributed by atoms with van der Waals surface area (Å²) in [6.07, 6.45) is 6.12. The van der Waals surface area contributed by atoms with E-state index in [2.05, 4.69) is 15.2 Å². The number of hydrogen-bond acceptors (Lipinski definition) is 5. The zero-order chi connectivity index (χ0) is 19.9. The molecule has 0 aromatic carbocycles. The molecule has 7 nitrogen and oxygen atoms in total. The van der Waals surface area contributed by atoms with Gasteiger partial charge in [-0.05, 0) is 38.3 Å². The van der Waals surface area contributed by atoms with E-state index in [0.717, 1.165) is 45.0 Å².